The van der Waals surface area contributed by atoms with E-state index in [0.717, 1.165) is 0 Å². The summed E-state index contributed by atoms with van der Waals surface area (Å²) in [6.45, 7) is 3.86. The Hall–Kier alpha value is -0.0900. The Labute approximate surface area is 68.9 Å². The van der Waals surface area contributed by atoms with Crippen LogP contribution in [0, 0.1) is 5.92 Å². The van der Waals surface area contributed by atoms with E-state index < -0.39 is 9.84 Å². The lowest BCUT2D eigenvalue weighted by Crippen LogP contribution is -2.25. The Kier molecular flexibility index (Phi) is 4.03. The van der Waals surface area contributed by atoms with Crippen molar-refractivity contribution in [1.29, 1.82) is 0 Å². The van der Waals surface area contributed by atoms with E-state index in [1.54, 1.807) is 0 Å². The summed E-state index contributed by atoms with van der Waals surface area (Å²) in [7, 11) is -2.81. The van der Waals surface area contributed by atoms with Crippen molar-refractivity contribution in [3.63, 3.8) is 0 Å². The van der Waals surface area contributed by atoms with Gasteiger partial charge in [-0.3, -0.25) is 0 Å². The SMILES string of the molecule is CC(N)C(C)CCS(C)(=O)=O. The summed E-state index contributed by atoms with van der Waals surface area (Å²) in [5.74, 6) is 0.528. The summed E-state index contributed by atoms with van der Waals surface area (Å²) in [5.41, 5.74) is 5.57. The molecule has 11 heavy (non-hydrogen) atoms. The second-order valence-corrected chi connectivity index (χ2v) is 5.51. The molecule has 0 radical (unpaired) electrons. The van der Waals surface area contributed by atoms with Gasteiger partial charge in [-0.05, 0) is 19.3 Å². The molecule has 0 fully saturated rings. The van der Waals surface area contributed by atoms with Gasteiger partial charge in [-0.15, -0.1) is 0 Å². The average molecular weight is 179 g/mol. The van der Waals surface area contributed by atoms with Gasteiger partial charge in [0.15, 0.2) is 0 Å². The number of nitrogens with two attached hydrogens (primary N) is 1. The zero-order valence-electron chi connectivity index (χ0n) is 7.37. The lowest BCUT2D eigenvalue weighted by Gasteiger charge is -2.13. The molecule has 3 nitrogen and oxygen atoms in total. The van der Waals surface area contributed by atoms with Crippen LogP contribution in [-0.4, -0.2) is 26.5 Å². The predicted octanol–water partition coefficient (Wildman–Crippen LogP) is 0.404. The molecule has 0 aromatic carbocycles. The van der Waals surface area contributed by atoms with Crippen LogP contribution in [0.2, 0.25) is 0 Å². The van der Waals surface area contributed by atoms with E-state index in [2.05, 4.69) is 0 Å². The molecule has 0 aliphatic heterocycles. The van der Waals surface area contributed by atoms with E-state index in [4.69, 9.17) is 5.73 Å². The molecular formula is C7H17NO2S. The molecule has 68 valence electrons. The molecule has 0 aromatic heterocycles. The van der Waals surface area contributed by atoms with E-state index in [1.165, 1.54) is 6.26 Å². The minimum atomic E-state index is -2.81. The monoisotopic (exact) mass is 179 g/mol. The molecule has 0 saturated carbocycles. The zero-order valence-corrected chi connectivity index (χ0v) is 8.19. The van der Waals surface area contributed by atoms with Crippen molar-refractivity contribution in [2.24, 2.45) is 11.7 Å². The van der Waals surface area contributed by atoms with Crippen LogP contribution in [0.5, 0.6) is 0 Å². The van der Waals surface area contributed by atoms with Crippen molar-refractivity contribution >= 4 is 9.84 Å². The highest BCUT2D eigenvalue weighted by atomic mass is 32.2. The first-order chi connectivity index (χ1) is 4.83. The maximum atomic E-state index is 10.7. The third kappa shape index (κ3) is 6.31. The van der Waals surface area contributed by atoms with Crippen molar-refractivity contribution in [2.45, 2.75) is 26.3 Å². The number of hydrogen-bond acceptors (Lipinski definition) is 3. The molecule has 0 aromatic rings. The van der Waals surface area contributed by atoms with Crippen molar-refractivity contribution < 1.29 is 8.42 Å². The standard InChI is InChI=1S/C7H17NO2S/c1-6(7(2)8)4-5-11(3,9)10/h6-7H,4-5,8H2,1-3H3. The van der Waals surface area contributed by atoms with Gasteiger partial charge in [0, 0.05) is 12.3 Å². The normalized spacial score (nSPS) is 17.8. The first kappa shape index (κ1) is 10.9. The molecule has 0 bridgehead atoms. The van der Waals surface area contributed by atoms with E-state index >= 15 is 0 Å². The topological polar surface area (TPSA) is 60.2 Å². The smallest absolute Gasteiger partial charge is 0.147 e. The highest BCUT2D eigenvalue weighted by Crippen LogP contribution is 2.06. The summed E-state index contributed by atoms with van der Waals surface area (Å²) in [5, 5.41) is 0. The molecule has 2 N–H and O–H groups in total. The third-order valence-corrected chi connectivity index (χ3v) is 2.82. The van der Waals surface area contributed by atoms with Gasteiger partial charge in [-0.25, -0.2) is 8.42 Å². The Bertz CT molecular complexity index is 196. The third-order valence-electron chi connectivity index (χ3n) is 1.84. The van der Waals surface area contributed by atoms with Crippen molar-refractivity contribution in [3.8, 4) is 0 Å². The first-order valence-electron chi connectivity index (χ1n) is 3.76. The first-order valence-corrected chi connectivity index (χ1v) is 5.82. The Morgan fingerprint density at radius 1 is 1.36 bits per heavy atom. The van der Waals surface area contributed by atoms with Gasteiger partial charge < -0.3 is 5.73 Å². The molecule has 2 unspecified atom stereocenters. The Morgan fingerprint density at radius 2 is 1.82 bits per heavy atom. The fourth-order valence-electron chi connectivity index (χ4n) is 0.663. The number of hydrogen-bond donors (Lipinski definition) is 1. The van der Waals surface area contributed by atoms with E-state index in [9.17, 15) is 8.42 Å². The number of rotatable bonds is 4. The van der Waals surface area contributed by atoms with Gasteiger partial charge in [0.2, 0.25) is 0 Å². The van der Waals surface area contributed by atoms with Crippen LogP contribution in [0.4, 0.5) is 0 Å². The van der Waals surface area contributed by atoms with Crippen molar-refractivity contribution in [1.82, 2.24) is 0 Å². The molecule has 0 saturated heterocycles. The summed E-state index contributed by atoms with van der Waals surface area (Å²) < 4.78 is 21.4. The van der Waals surface area contributed by atoms with Crippen LogP contribution < -0.4 is 5.73 Å². The van der Waals surface area contributed by atoms with Crippen LogP contribution in [0.3, 0.4) is 0 Å². The summed E-state index contributed by atoms with van der Waals surface area (Å²) in [4.78, 5) is 0. The summed E-state index contributed by atoms with van der Waals surface area (Å²) in [6, 6.07) is 0.0803. The van der Waals surface area contributed by atoms with Gasteiger partial charge in [0.1, 0.15) is 9.84 Å². The highest BCUT2D eigenvalue weighted by Gasteiger charge is 2.10. The second-order valence-electron chi connectivity index (χ2n) is 3.25. The Morgan fingerprint density at radius 3 is 2.09 bits per heavy atom. The second kappa shape index (κ2) is 4.07. The van der Waals surface area contributed by atoms with E-state index in [1.807, 2.05) is 13.8 Å². The van der Waals surface area contributed by atoms with Crippen LogP contribution in [-0.2, 0) is 9.84 Å². The molecule has 0 spiro atoms. The van der Waals surface area contributed by atoms with Gasteiger partial charge in [-0.2, -0.15) is 0 Å². The lowest BCUT2D eigenvalue weighted by atomic mass is 10.0. The molecule has 0 aliphatic carbocycles. The van der Waals surface area contributed by atoms with E-state index in [-0.39, 0.29) is 17.7 Å². The van der Waals surface area contributed by atoms with Crippen LogP contribution >= 0.6 is 0 Å². The van der Waals surface area contributed by atoms with Gasteiger partial charge in [0.05, 0.1) is 5.75 Å². The minimum absolute atomic E-state index is 0.0803. The van der Waals surface area contributed by atoms with Gasteiger partial charge in [0.25, 0.3) is 0 Å². The highest BCUT2D eigenvalue weighted by molar-refractivity contribution is 7.90. The molecule has 0 rings (SSSR count). The molecule has 4 heteroatoms. The maximum absolute atomic E-state index is 10.7. The lowest BCUT2D eigenvalue weighted by molar-refractivity contribution is 0.468. The zero-order chi connectivity index (χ0) is 9.07. The fourth-order valence-corrected chi connectivity index (χ4v) is 1.46. The maximum Gasteiger partial charge on any atom is 0.147 e. The van der Waals surface area contributed by atoms with Crippen LogP contribution in [0.15, 0.2) is 0 Å². The van der Waals surface area contributed by atoms with Crippen LogP contribution in [0.25, 0.3) is 0 Å². The van der Waals surface area contributed by atoms with Crippen LogP contribution in [0.1, 0.15) is 20.3 Å². The quantitative estimate of drug-likeness (QED) is 0.679. The predicted molar refractivity (Wildman–Crippen MR) is 47.1 cm³/mol. The molecule has 2 atom stereocenters. The molecule has 0 amide bonds. The minimum Gasteiger partial charge on any atom is -0.328 e. The molecular weight excluding hydrogens is 162 g/mol. The van der Waals surface area contributed by atoms with Gasteiger partial charge >= 0.3 is 0 Å². The fraction of sp³-hybridized carbons (Fsp3) is 1.00. The summed E-state index contributed by atoms with van der Waals surface area (Å²) in [6.07, 6.45) is 1.91. The average Bonchev–Trinajstić information content (AvgIpc) is 1.80. The number of sulfone groups is 1. The molecule has 0 aliphatic rings. The van der Waals surface area contributed by atoms with Gasteiger partial charge in [-0.1, -0.05) is 6.92 Å². The Balaban J connectivity index is 3.72. The van der Waals surface area contributed by atoms with Crippen molar-refractivity contribution in [2.75, 3.05) is 12.0 Å². The summed E-state index contributed by atoms with van der Waals surface area (Å²) >= 11 is 0. The molecule has 0 heterocycles. The van der Waals surface area contributed by atoms with E-state index in [0.29, 0.717) is 6.42 Å². The van der Waals surface area contributed by atoms with Crippen molar-refractivity contribution in [3.05, 3.63) is 0 Å². The largest absolute Gasteiger partial charge is 0.328 e.